The van der Waals surface area contributed by atoms with Gasteiger partial charge in [0.1, 0.15) is 11.9 Å². The zero-order valence-corrected chi connectivity index (χ0v) is 14.2. The molecule has 0 N–H and O–H groups in total. The molecule has 0 radical (unpaired) electrons. The van der Waals surface area contributed by atoms with Crippen LogP contribution in [-0.4, -0.2) is 40.0 Å². The topological polar surface area (TPSA) is 55.3 Å². The Bertz CT molecular complexity index is 729. The molecule has 1 aliphatic heterocycles. The first kappa shape index (κ1) is 16.1. The van der Waals surface area contributed by atoms with Crippen molar-refractivity contribution >= 4 is 33.4 Å². The first-order chi connectivity index (χ1) is 11.0. The summed E-state index contributed by atoms with van der Waals surface area (Å²) in [5.41, 5.74) is 0.286. The van der Waals surface area contributed by atoms with Gasteiger partial charge in [0.2, 0.25) is 0 Å². The first-order valence-electron chi connectivity index (χ1n) is 6.91. The summed E-state index contributed by atoms with van der Waals surface area (Å²) in [6.45, 7) is 0.944. The summed E-state index contributed by atoms with van der Waals surface area (Å²) >= 11 is 9.19. The lowest BCUT2D eigenvalue weighted by Crippen LogP contribution is -2.31. The van der Waals surface area contributed by atoms with Gasteiger partial charge in [-0.3, -0.25) is 4.79 Å². The number of aromatic nitrogens is 2. The Kier molecular flexibility index (Phi) is 4.77. The fraction of sp³-hybridized carbons (Fsp3) is 0.267. The third kappa shape index (κ3) is 3.79. The van der Waals surface area contributed by atoms with Crippen LogP contribution in [0.2, 0.25) is 5.02 Å². The second kappa shape index (κ2) is 6.80. The quantitative estimate of drug-likeness (QED) is 0.793. The van der Waals surface area contributed by atoms with Crippen LogP contribution >= 0.6 is 27.5 Å². The zero-order valence-electron chi connectivity index (χ0n) is 11.9. The van der Waals surface area contributed by atoms with Crippen LogP contribution in [0.1, 0.15) is 16.8 Å². The minimum Gasteiger partial charge on any atom is -0.458 e. The van der Waals surface area contributed by atoms with Gasteiger partial charge in [0.15, 0.2) is 0 Å². The Morgan fingerprint density at radius 1 is 1.39 bits per heavy atom. The molecule has 1 aliphatic rings. The number of amides is 1. The number of halogens is 3. The van der Waals surface area contributed by atoms with Gasteiger partial charge in [-0.1, -0.05) is 11.6 Å². The zero-order chi connectivity index (χ0) is 16.4. The predicted molar refractivity (Wildman–Crippen MR) is 86.1 cm³/mol. The summed E-state index contributed by atoms with van der Waals surface area (Å²) in [6, 6.07) is 4.02. The highest BCUT2D eigenvalue weighted by Gasteiger charge is 2.29. The Hall–Kier alpha value is -1.73. The van der Waals surface area contributed by atoms with Crippen molar-refractivity contribution in [2.24, 2.45) is 0 Å². The standard InChI is InChI=1S/C15H12BrClFN3O2/c16-9-6-19-15(20-7-9)23-11-3-4-21(8-11)14(22)12-2-1-10(18)5-13(12)17/h1-2,5-7,11H,3-4,8H2/t11-/m1/s1. The van der Waals surface area contributed by atoms with Crippen LogP contribution in [0.15, 0.2) is 35.1 Å². The number of benzene rings is 1. The van der Waals surface area contributed by atoms with E-state index in [0.29, 0.717) is 19.5 Å². The highest BCUT2D eigenvalue weighted by Crippen LogP contribution is 2.22. The summed E-state index contributed by atoms with van der Waals surface area (Å²) in [5.74, 6) is -0.709. The summed E-state index contributed by atoms with van der Waals surface area (Å²) in [4.78, 5) is 22.2. The van der Waals surface area contributed by atoms with Crippen molar-refractivity contribution in [1.82, 2.24) is 14.9 Å². The summed E-state index contributed by atoms with van der Waals surface area (Å²) < 4.78 is 19.5. The fourth-order valence-corrected chi connectivity index (χ4v) is 2.81. The molecule has 1 fully saturated rings. The van der Waals surface area contributed by atoms with Gasteiger partial charge < -0.3 is 9.64 Å². The van der Waals surface area contributed by atoms with Gasteiger partial charge in [-0.15, -0.1) is 0 Å². The number of hydrogen-bond acceptors (Lipinski definition) is 4. The summed E-state index contributed by atoms with van der Waals surface area (Å²) in [5, 5.41) is 0.107. The third-order valence-electron chi connectivity index (χ3n) is 3.46. The average Bonchev–Trinajstić information content (AvgIpc) is 2.97. The minimum atomic E-state index is -0.471. The number of likely N-dealkylation sites (tertiary alicyclic amines) is 1. The lowest BCUT2D eigenvalue weighted by Gasteiger charge is -2.17. The van der Waals surface area contributed by atoms with Crippen LogP contribution in [-0.2, 0) is 0 Å². The highest BCUT2D eigenvalue weighted by atomic mass is 79.9. The van der Waals surface area contributed by atoms with E-state index in [2.05, 4.69) is 25.9 Å². The maximum Gasteiger partial charge on any atom is 0.316 e. The van der Waals surface area contributed by atoms with Crippen LogP contribution in [0.3, 0.4) is 0 Å². The van der Waals surface area contributed by atoms with E-state index in [-0.39, 0.29) is 28.6 Å². The van der Waals surface area contributed by atoms with Crippen molar-refractivity contribution in [2.45, 2.75) is 12.5 Å². The van der Waals surface area contributed by atoms with Crippen molar-refractivity contribution in [3.05, 3.63) is 51.5 Å². The van der Waals surface area contributed by atoms with Gasteiger partial charge in [0.05, 0.1) is 21.6 Å². The summed E-state index contributed by atoms with van der Waals surface area (Å²) in [7, 11) is 0. The van der Waals surface area contributed by atoms with Crippen LogP contribution in [0.5, 0.6) is 6.01 Å². The maximum absolute atomic E-state index is 13.1. The van der Waals surface area contributed by atoms with Crippen molar-refractivity contribution in [3.8, 4) is 6.01 Å². The molecule has 0 bridgehead atoms. The number of hydrogen-bond donors (Lipinski definition) is 0. The van der Waals surface area contributed by atoms with Crippen LogP contribution < -0.4 is 4.74 Å². The Morgan fingerprint density at radius 2 is 2.13 bits per heavy atom. The van der Waals surface area contributed by atoms with Gasteiger partial charge in [-0.2, -0.15) is 0 Å². The molecule has 5 nitrogen and oxygen atoms in total. The van der Waals surface area contributed by atoms with E-state index in [1.54, 1.807) is 17.3 Å². The van der Waals surface area contributed by atoms with E-state index >= 15 is 0 Å². The minimum absolute atomic E-state index is 0.107. The molecule has 1 atom stereocenters. The molecular formula is C15H12BrClFN3O2. The molecule has 8 heteroatoms. The largest absolute Gasteiger partial charge is 0.458 e. The van der Waals surface area contributed by atoms with Crippen molar-refractivity contribution in [2.75, 3.05) is 13.1 Å². The maximum atomic E-state index is 13.1. The molecular weight excluding hydrogens is 389 g/mol. The second-order valence-corrected chi connectivity index (χ2v) is 6.41. The Labute approximate surface area is 145 Å². The number of ether oxygens (including phenoxy) is 1. The van der Waals surface area contributed by atoms with E-state index < -0.39 is 5.82 Å². The van der Waals surface area contributed by atoms with Gasteiger partial charge >= 0.3 is 6.01 Å². The molecule has 1 aromatic carbocycles. The van der Waals surface area contributed by atoms with Gasteiger partial charge in [-0.05, 0) is 34.1 Å². The van der Waals surface area contributed by atoms with Crippen LogP contribution in [0.25, 0.3) is 0 Å². The number of carbonyl (C=O) groups is 1. The summed E-state index contributed by atoms with van der Waals surface area (Å²) in [6.07, 6.45) is 3.68. The molecule has 0 spiro atoms. The molecule has 120 valence electrons. The average molecular weight is 401 g/mol. The molecule has 1 amide bonds. The molecule has 1 saturated heterocycles. The molecule has 0 saturated carbocycles. The van der Waals surface area contributed by atoms with Crippen molar-refractivity contribution < 1.29 is 13.9 Å². The monoisotopic (exact) mass is 399 g/mol. The van der Waals surface area contributed by atoms with Gasteiger partial charge in [0, 0.05) is 25.4 Å². The van der Waals surface area contributed by atoms with Gasteiger partial charge in [0.25, 0.3) is 5.91 Å². The molecule has 3 rings (SSSR count). The molecule has 2 aromatic rings. The number of nitrogens with zero attached hydrogens (tertiary/aromatic N) is 3. The van der Waals surface area contributed by atoms with E-state index in [9.17, 15) is 9.18 Å². The van der Waals surface area contributed by atoms with E-state index in [0.717, 1.165) is 10.5 Å². The molecule has 1 aromatic heterocycles. The van der Waals surface area contributed by atoms with E-state index in [1.165, 1.54) is 12.1 Å². The van der Waals surface area contributed by atoms with E-state index in [4.69, 9.17) is 16.3 Å². The molecule has 0 aliphatic carbocycles. The highest BCUT2D eigenvalue weighted by molar-refractivity contribution is 9.10. The number of rotatable bonds is 3. The normalized spacial score (nSPS) is 17.3. The first-order valence-corrected chi connectivity index (χ1v) is 8.08. The second-order valence-electron chi connectivity index (χ2n) is 5.09. The van der Waals surface area contributed by atoms with Gasteiger partial charge in [-0.25, -0.2) is 14.4 Å². The van der Waals surface area contributed by atoms with Crippen LogP contribution in [0.4, 0.5) is 4.39 Å². The molecule has 2 heterocycles. The molecule has 23 heavy (non-hydrogen) atoms. The van der Waals surface area contributed by atoms with Crippen molar-refractivity contribution in [1.29, 1.82) is 0 Å². The lowest BCUT2D eigenvalue weighted by atomic mass is 10.2. The lowest BCUT2D eigenvalue weighted by molar-refractivity contribution is 0.0770. The molecule has 0 unspecified atom stereocenters. The van der Waals surface area contributed by atoms with Crippen LogP contribution in [0, 0.1) is 5.82 Å². The third-order valence-corrected chi connectivity index (χ3v) is 4.18. The smallest absolute Gasteiger partial charge is 0.316 e. The SMILES string of the molecule is O=C(c1ccc(F)cc1Cl)N1CC[C@@H](Oc2ncc(Br)cn2)C1. The number of carbonyl (C=O) groups excluding carboxylic acids is 1. The Balaban J connectivity index is 1.65. The van der Waals surface area contributed by atoms with E-state index in [1.807, 2.05) is 0 Å². The Morgan fingerprint density at radius 3 is 2.83 bits per heavy atom. The fourth-order valence-electron chi connectivity index (χ4n) is 2.35. The predicted octanol–water partition coefficient (Wildman–Crippen LogP) is 3.33. The van der Waals surface area contributed by atoms with Crippen molar-refractivity contribution in [3.63, 3.8) is 0 Å².